The Hall–Kier alpha value is -2.55. The number of aryl methyl sites for hydroxylation is 3. The summed E-state index contributed by atoms with van der Waals surface area (Å²) in [7, 11) is -3.70. The van der Waals surface area contributed by atoms with Gasteiger partial charge in [0.25, 0.3) is 0 Å². The number of nitrogens with zero attached hydrogens (tertiary/aromatic N) is 2. The highest BCUT2D eigenvalue weighted by Gasteiger charge is 2.13. The summed E-state index contributed by atoms with van der Waals surface area (Å²) < 4.78 is 37.1. The Balaban J connectivity index is 1.74. The van der Waals surface area contributed by atoms with Crippen LogP contribution in [0.25, 0.3) is 11.3 Å². The van der Waals surface area contributed by atoms with Crippen molar-refractivity contribution in [1.82, 2.24) is 9.97 Å². The number of rotatable bonds is 6. The molecule has 0 spiro atoms. The molecule has 0 radical (unpaired) electrons. The fourth-order valence-corrected chi connectivity index (χ4v) is 3.80. The van der Waals surface area contributed by atoms with Crippen molar-refractivity contribution in [2.24, 2.45) is 5.14 Å². The van der Waals surface area contributed by atoms with Crippen LogP contribution in [-0.2, 0) is 22.9 Å². The third kappa shape index (κ3) is 5.29. The van der Waals surface area contributed by atoms with E-state index in [2.05, 4.69) is 9.97 Å². The van der Waals surface area contributed by atoms with Crippen LogP contribution < -0.4 is 10.9 Å². The maximum absolute atomic E-state index is 14.5. The normalized spacial score (nSPS) is 11.6. The van der Waals surface area contributed by atoms with E-state index >= 15 is 0 Å². The molecule has 0 amide bonds. The number of nitrogens with two attached hydrogens (primary N) is 2. The molecule has 0 atom stereocenters. The molecule has 0 aliphatic carbocycles. The van der Waals surface area contributed by atoms with Crippen LogP contribution in [0, 0.1) is 12.7 Å². The molecule has 0 saturated carbocycles. The van der Waals surface area contributed by atoms with Gasteiger partial charge in [0.2, 0.25) is 16.0 Å². The molecular formula is C20H20ClFN4O2S. The van der Waals surface area contributed by atoms with Gasteiger partial charge in [0.1, 0.15) is 5.82 Å². The van der Waals surface area contributed by atoms with Crippen LogP contribution in [0.1, 0.15) is 23.2 Å². The van der Waals surface area contributed by atoms with E-state index in [0.717, 1.165) is 12.0 Å². The van der Waals surface area contributed by atoms with Crippen molar-refractivity contribution in [2.45, 2.75) is 31.1 Å². The molecule has 6 nitrogen and oxygen atoms in total. The van der Waals surface area contributed by atoms with Gasteiger partial charge in [0.05, 0.1) is 10.6 Å². The van der Waals surface area contributed by atoms with Gasteiger partial charge >= 0.3 is 0 Å². The summed E-state index contributed by atoms with van der Waals surface area (Å²) in [6.07, 6.45) is 2.04. The molecule has 1 heterocycles. The SMILES string of the molecule is Cc1cc(Cl)cc(-c2cc(CCCc3ccc(S(N)(=O)=O)cc3)nc(N)n2)c1F. The zero-order chi connectivity index (χ0) is 21.2. The zero-order valence-corrected chi connectivity index (χ0v) is 17.3. The smallest absolute Gasteiger partial charge is 0.238 e. The monoisotopic (exact) mass is 434 g/mol. The van der Waals surface area contributed by atoms with E-state index < -0.39 is 15.8 Å². The second-order valence-corrected chi connectivity index (χ2v) is 8.73. The van der Waals surface area contributed by atoms with Gasteiger partial charge in [-0.1, -0.05) is 23.7 Å². The first kappa shape index (κ1) is 21.2. The fourth-order valence-electron chi connectivity index (χ4n) is 3.02. The van der Waals surface area contributed by atoms with Crippen LogP contribution >= 0.6 is 11.6 Å². The number of halogens is 2. The molecule has 0 saturated heterocycles. The van der Waals surface area contributed by atoms with E-state index in [9.17, 15) is 12.8 Å². The lowest BCUT2D eigenvalue weighted by atomic mass is 10.0. The van der Waals surface area contributed by atoms with Gasteiger partial charge < -0.3 is 5.73 Å². The van der Waals surface area contributed by atoms with E-state index in [4.69, 9.17) is 22.5 Å². The molecule has 3 aromatic rings. The first-order chi connectivity index (χ1) is 13.6. The summed E-state index contributed by atoms with van der Waals surface area (Å²) in [6.45, 7) is 1.64. The summed E-state index contributed by atoms with van der Waals surface area (Å²) in [5.41, 5.74) is 8.56. The lowest BCUT2D eigenvalue weighted by Gasteiger charge is -2.09. The maximum Gasteiger partial charge on any atom is 0.238 e. The molecule has 2 aromatic carbocycles. The highest BCUT2D eigenvalue weighted by molar-refractivity contribution is 7.89. The molecule has 9 heteroatoms. The molecule has 0 unspecified atom stereocenters. The summed E-state index contributed by atoms with van der Waals surface area (Å²) in [5.74, 6) is -0.333. The predicted octanol–water partition coefficient (Wildman–Crippen LogP) is 3.65. The van der Waals surface area contributed by atoms with E-state index in [-0.39, 0.29) is 16.4 Å². The fraction of sp³-hybridized carbons (Fsp3) is 0.200. The first-order valence-corrected chi connectivity index (χ1v) is 10.8. The van der Waals surface area contributed by atoms with Crippen molar-refractivity contribution in [3.05, 3.63) is 70.1 Å². The van der Waals surface area contributed by atoms with Crippen LogP contribution in [0.3, 0.4) is 0 Å². The number of hydrogen-bond donors (Lipinski definition) is 2. The molecular weight excluding hydrogens is 415 g/mol. The van der Waals surface area contributed by atoms with Crippen LogP contribution in [0.2, 0.25) is 5.02 Å². The molecule has 0 aliphatic rings. The standard InChI is InChI=1S/C20H20ClFN4O2S/c1-12-9-14(21)10-17(19(12)22)18-11-15(25-20(23)26-18)4-2-3-13-5-7-16(8-6-13)29(24,27)28/h5-11H,2-4H2,1H3,(H2,23,25,26)(H2,24,27,28). The van der Waals surface area contributed by atoms with Gasteiger partial charge in [-0.15, -0.1) is 0 Å². The Bertz CT molecular complexity index is 1150. The Labute approximate surface area is 173 Å². The van der Waals surface area contributed by atoms with Crippen molar-refractivity contribution >= 4 is 27.6 Å². The summed E-state index contributed by atoms with van der Waals surface area (Å²) in [6, 6.07) is 11.2. The van der Waals surface area contributed by atoms with Crippen LogP contribution in [0.5, 0.6) is 0 Å². The van der Waals surface area contributed by atoms with Gasteiger partial charge in [0.15, 0.2) is 0 Å². The number of nitrogen functional groups attached to an aromatic ring is 1. The van der Waals surface area contributed by atoms with Crippen molar-refractivity contribution in [3.8, 4) is 11.3 Å². The minimum atomic E-state index is -3.70. The van der Waals surface area contributed by atoms with Crippen LogP contribution in [0.15, 0.2) is 47.4 Å². The highest BCUT2D eigenvalue weighted by atomic mass is 35.5. The van der Waals surface area contributed by atoms with Gasteiger partial charge in [-0.3, -0.25) is 0 Å². The second kappa shape index (κ2) is 8.44. The molecule has 29 heavy (non-hydrogen) atoms. The van der Waals surface area contributed by atoms with Gasteiger partial charge in [-0.25, -0.2) is 27.9 Å². The molecule has 0 bridgehead atoms. The predicted molar refractivity (Wildman–Crippen MR) is 111 cm³/mol. The largest absolute Gasteiger partial charge is 0.368 e. The Morgan fingerprint density at radius 1 is 1.07 bits per heavy atom. The third-order valence-corrected chi connectivity index (χ3v) is 5.59. The molecule has 1 aromatic heterocycles. The minimum Gasteiger partial charge on any atom is -0.368 e. The highest BCUT2D eigenvalue weighted by Crippen LogP contribution is 2.28. The lowest BCUT2D eigenvalue weighted by Crippen LogP contribution is -2.11. The lowest BCUT2D eigenvalue weighted by molar-refractivity contribution is 0.597. The third-order valence-electron chi connectivity index (χ3n) is 4.44. The number of aromatic nitrogens is 2. The summed E-state index contributed by atoms with van der Waals surface area (Å²) in [5, 5.41) is 5.52. The first-order valence-electron chi connectivity index (χ1n) is 8.84. The quantitative estimate of drug-likeness (QED) is 0.614. The van der Waals surface area contributed by atoms with E-state index in [1.54, 1.807) is 31.2 Å². The molecule has 0 fully saturated rings. The van der Waals surface area contributed by atoms with Gasteiger partial charge in [0, 0.05) is 16.3 Å². The van der Waals surface area contributed by atoms with Crippen molar-refractivity contribution in [3.63, 3.8) is 0 Å². The second-order valence-electron chi connectivity index (χ2n) is 6.73. The molecule has 4 N–H and O–H groups in total. The van der Waals surface area contributed by atoms with Gasteiger partial charge in [-0.05, 0) is 67.6 Å². The average molecular weight is 435 g/mol. The number of hydrogen-bond acceptors (Lipinski definition) is 5. The van der Waals surface area contributed by atoms with Crippen molar-refractivity contribution < 1.29 is 12.8 Å². The minimum absolute atomic E-state index is 0.0621. The molecule has 152 valence electrons. The Kier molecular flexibility index (Phi) is 6.16. The maximum atomic E-state index is 14.5. The van der Waals surface area contributed by atoms with Crippen LogP contribution in [0.4, 0.5) is 10.3 Å². The van der Waals surface area contributed by atoms with E-state index in [1.165, 1.54) is 18.2 Å². The van der Waals surface area contributed by atoms with Crippen LogP contribution in [-0.4, -0.2) is 18.4 Å². The van der Waals surface area contributed by atoms with Crippen molar-refractivity contribution in [2.75, 3.05) is 5.73 Å². The number of primary sulfonamides is 1. The average Bonchev–Trinajstić information content (AvgIpc) is 2.64. The number of sulfonamides is 1. The zero-order valence-electron chi connectivity index (χ0n) is 15.7. The van der Waals surface area contributed by atoms with E-state index in [0.29, 0.717) is 34.8 Å². The Morgan fingerprint density at radius 2 is 1.76 bits per heavy atom. The number of anilines is 1. The van der Waals surface area contributed by atoms with E-state index in [1.807, 2.05) is 0 Å². The summed E-state index contributed by atoms with van der Waals surface area (Å²) in [4.78, 5) is 8.45. The number of benzene rings is 2. The Morgan fingerprint density at radius 3 is 2.41 bits per heavy atom. The van der Waals surface area contributed by atoms with Crippen molar-refractivity contribution in [1.29, 1.82) is 0 Å². The molecule has 3 rings (SSSR count). The van der Waals surface area contributed by atoms with Gasteiger partial charge in [-0.2, -0.15) is 0 Å². The molecule has 0 aliphatic heterocycles. The topological polar surface area (TPSA) is 112 Å². The summed E-state index contributed by atoms with van der Waals surface area (Å²) >= 11 is 6.06.